The first-order chi connectivity index (χ1) is 27.3. The van der Waals surface area contributed by atoms with Gasteiger partial charge < -0.3 is 0 Å². The zero-order valence-corrected chi connectivity index (χ0v) is 32.1. The van der Waals surface area contributed by atoms with Crippen molar-refractivity contribution in [1.82, 2.24) is 35.3 Å². The maximum Gasteiger partial charge on any atom is 0.295 e. The van der Waals surface area contributed by atoms with Gasteiger partial charge in [-0.3, -0.25) is 18.2 Å². The van der Waals surface area contributed by atoms with Crippen LogP contribution in [0.4, 0.5) is 0 Å². The lowest BCUT2D eigenvalue weighted by Gasteiger charge is -2.14. The van der Waals surface area contributed by atoms with E-state index < -0.39 is 60.1 Å². The maximum atomic E-state index is 12.5. The number of benzene rings is 4. The molecular formula is C35H23N7O12S4. The van der Waals surface area contributed by atoms with Gasteiger partial charge in [-0.05, 0) is 36.4 Å². The van der Waals surface area contributed by atoms with E-state index >= 15 is 0 Å². The molecule has 3 aromatic heterocycles. The van der Waals surface area contributed by atoms with Crippen molar-refractivity contribution >= 4 is 40.5 Å². The fourth-order valence-electron chi connectivity index (χ4n) is 5.84. The smallest absolute Gasteiger partial charge is 0.282 e. The van der Waals surface area contributed by atoms with Gasteiger partial charge in [0.25, 0.3) is 40.5 Å². The maximum absolute atomic E-state index is 12.5. The number of hydrogen-bond acceptors (Lipinski definition) is 15. The summed E-state index contributed by atoms with van der Waals surface area (Å²) >= 11 is 0. The molecule has 0 unspecified atom stereocenters. The summed E-state index contributed by atoms with van der Waals surface area (Å²) in [6, 6.07) is 24.6. The lowest BCUT2D eigenvalue weighted by atomic mass is 10.0. The molecule has 0 bridgehead atoms. The molecule has 294 valence electrons. The monoisotopic (exact) mass is 861 g/mol. The summed E-state index contributed by atoms with van der Waals surface area (Å²) in [6.45, 7) is 0. The first-order valence-corrected chi connectivity index (χ1v) is 21.8. The van der Waals surface area contributed by atoms with Crippen molar-refractivity contribution in [3.05, 3.63) is 115 Å². The first kappa shape index (κ1) is 39.9. The van der Waals surface area contributed by atoms with Gasteiger partial charge in [-0.15, -0.1) is 20.4 Å². The van der Waals surface area contributed by atoms with E-state index in [1.807, 2.05) is 0 Å². The molecule has 19 nitrogen and oxygen atoms in total. The van der Waals surface area contributed by atoms with Crippen molar-refractivity contribution in [3.8, 4) is 68.1 Å². The van der Waals surface area contributed by atoms with Gasteiger partial charge in [-0.2, -0.15) is 33.7 Å². The molecule has 3 heterocycles. The molecule has 0 atom stereocenters. The Hall–Kier alpha value is -6.31. The first-order valence-electron chi connectivity index (χ1n) is 16.1. The Morgan fingerprint density at radius 1 is 0.310 bits per heavy atom. The predicted molar refractivity (Wildman–Crippen MR) is 203 cm³/mol. The predicted octanol–water partition coefficient (Wildman–Crippen LogP) is 4.44. The van der Waals surface area contributed by atoms with E-state index in [0.29, 0.717) is 0 Å². The second kappa shape index (κ2) is 14.9. The van der Waals surface area contributed by atoms with Crippen LogP contribution in [0.25, 0.3) is 68.1 Å². The van der Waals surface area contributed by atoms with Gasteiger partial charge in [0.1, 0.15) is 53.7 Å². The average Bonchev–Trinajstić information content (AvgIpc) is 3.19. The van der Waals surface area contributed by atoms with E-state index in [9.17, 15) is 51.9 Å². The molecule has 4 aromatic carbocycles. The standard InChI is InChI=1S/C35H23N7O12S4/c43-55(44,45)26-16-5-1-10-20(26)30-32(22-12-3-7-18-28(22)57(49,50)51)39-41-34(37-30)24-14-9-15-25(36-24)35-38-31(21-11-2-6-17-27(21)56(46,47)48)33(40-42-35)23-13-4-8-19-29(23)58(52,53)54/h1-19H,(H,43,44,45)(H,46,47,48)(H,49,50,51)(H,52,53,54). The van der Waals surface area contributed by atoms with E-state index in [1.54, 1.807) is 0 Å². The third kappa shape index (κ3) is 7.95. The Morgan fingerprint density at radius 2 is 0.586 bits per heavy atom. The summed E-state index contributed by atoms with van der Waals surface area (Å²) in [5.41, 5.74) is -2.22. The van der Waals surface area contributed by atoms with Gasteiger partial charge in [0.05, 0.1) is 0 Å². The zero-order valence-electron chi connectivity index (χ0n) is 28.8. The van der Waals surface area contributed by atoms with Crippen molar-refractivity contribution in [2.75, 3.05) is 0 Å². The Kier molecular flexibility index (Phi) is 10.2. The highest BCUT2D eigenvalue weighted by Crippen LogP contribution is 2.38. The number of rotatable bonds is 10. The van der Waals surface area contributed by atoms with Gasteiger partial charge >= 0.3 is 0 Å². The van der Waals surface area contributed by atoms with Crippen molar-refractivity contribution in [3.63, 3.8) is 0 Å². The highest BCUT2D eigenvalue weighted by Gasteiger charge is 2.28. The molecule has 0 spiro atoms. The third-order valence-corrected chi connectivity index (χ3v) is 11.9. The van der Waals surface area contributed by atoms with Crippen LogP contribution < -0.4 is 0 Å². The van der Waals surface area contributed by atoms with Gasteiger partial charge in [0.2, 0.25) is 11.6 Å². The summed E-state index contributed by atoms with van der Waals surface area (Å²) in [5.74, 6) is -0.558. The number of nitrogens with zero attached hydrogens (tertiary/aromatic N) is 7. The summed E-state index contributed by atoms with van der Waals surface area (Å²) in [6.07, 6.45) is 0. The molecule has 58 heavy (non-hydrogen) atoms. The lowest BCUT2D eigenvalue weighted by molar-refractivity contribution is 0.481. The topological polar surface area (TPSA) is 308 Å². The Balaban J connectivity index is 1.45. The fraction of sp³-hybridized carbons (Fsp3) is 0. The lowest BCUT2D eigenvalue weighted by Crippen LogP contribution is -2.08. The Morgan fingerprint density at radius 3 is 0.879 bits per heavy atom. The largest absolute Gasteiger partial charge is 0.295 e. The van der Waals surface area contributed by atoms with Crippen LogP contribution >= 0.6 is 0 Å². The van der Waals surface area contributed by atoms with E-state index in [2.05, 4.69) is 35.3 Å². The van der Waals surface area contributed by atoms with Crippen molar-refractivity contribution in [2.45, 2.75) is 19.6 Å². The molecule has 23 heteroatoms. The van der Waals surface area contributed by atoms with Crippen molar-refractivity contribution in [2.24, 2.45) is 0 Å². The molecule has 0 aliphatic heterocycles. The molecule has 0 fully saturated rings. The van der Waals surface area contributed by atoms with Crippen LogP contribution in [0.3, 0.4) is 0 Å². The summed E-state index contributed by atoms with van der Waals surface area (Å²) < 4.78 is 139. The highest BCUT2D eigenvalue weighted by atomic mass is 32.2. The molecular weight excluding hydrogens is 839 g/mol. The molecule has 7 aromatic rings. The van der Waals surface area contributed by atoms with E-state index in [0.717, 1.165) is 24.3 Å². The van der Waals surface area contributed by atoms with E-state index in [-0.39, 0.29) is 68.1 Å². The Labute approximate surface area is 329 Å². The molecule has 0 saturated carbocycles. The fourth-order valence-corrected chi connectivity index (χ4v) is 8.61. The van der Waals surface area contributed by atoms with Crippen LogP contribution in [-0.2, 0) is 40.5 Å². The van der Waals surface area contributed by atoms with E-state index in [1.165, 1.54) is 91.0 Å². The molecule has 0 aliphatic carbocycles. The minimum Gasteiger partial charge on any atom is -0.282 e. The number of aromatic nitrogens is 7. The molecule has 0 aliphatic rings. The van der Waals surface area contributed by atoms with Gasteiger partial charge in [-0.1, -0.05) is 78.9 Å². The van der Waals surface area contributed by atoms with Crippen LogP contribution in [0, 0.1) is 0 Å². The summed E-state index contributed by atoms with van der Waals surface area (Å²) in [5, 5.41) is 16.5. The zero-order chi connectivity index (χ0) is 41.6. The number of pyridine rings is 1. The van der Waals surface area contributed by atoms with Crippen LogP contribution in [-0.4, -0.2) is 87.2 Å². The second-order valence-corrected chi connectivity index (χ2v) is 17.5. The van der Waals surface area contributed by atoms with Crippen LogP contribution in [0.2, 0.25) is 0 Å². The van der Waals surface area contributed by atoms with Crippen LogP contribution in [0.5, 0.6) is 0 Å². The molecule has 4 N–H and O–H groups in total. The average molecular weight is 862 g/mol. The highest BCUT2D eigenvalue weighted by molar-refractivity contribution is 7.86. The second-order valence-electron chi connectivity index (χ2n) is 12.0. The van der Waals surface area contributed by atoms with Gasteiger partial charge in [0.15, 0.2) is 0 Å². The van der Waals surface area contributed by atoms with E-state index in [4.69, 9.17) is 0 Å². The molecule has 0 radical (unpaired) electrons. The SMILES string of the molecule is O=S(=O)(O)c1ccccc1-c1nnc(-c2cccc(-c3nnc(-c4ccccc4S(=O)(=O)O)c(-c4ccccc4S(=O)(=O)O)n3)n2)nc1-c1ccccc1S(=O)(=O)O. The van der Waals surface area contributed by atoms with Crippen LogP contribution in [0.1, 0.15) is 0 Å². The quantitative estimate of drug-likeness (QED) is 0.138. The summed E-state index contributed by atoms with van der Waals surface area (Å²) in [4.78, 5) is 11.0. The van der Waals surface area contributed by atoms with Gasteiger partial charge in [-0.25, -0.2) is 15.0 Å². The molecule has 0 saturated heterocycles. The van der Waals surface area contributed by atoms with Crippen molar-refractivity contribution in [1.29, 1.82) is 0 Å². The molecule has 7 rings (SSSR count). The Bertz CT molecular complexity index is 3050. The minimum absolute atomic E-state index is 0.0607. The third-order valence-electron chi connectivity index (χ3n) is 8.26. The van der Waals surface area contributed by atoms with Gasteiger partial charge in [0, 0.05) is 22.3 Å². The summed E-state index contributed by atoms with van der Waals surface area (Å²) in [7, 11) is -19.6. The van der Waals surface area contributed by atoms with Crippen LogP contribution in [0.15, 0.2) is 135 Å². The normalized spacial score (nSPS) is 12.3. The molecule has 0 amide bonds. The van der Waals surface area contributed by atoms with Crippen molar-refractivity contribution < 1.29 is 51.9 Å². The number of hydrogen-bond donors (Lipinski definition) is 4. The minimum atomic E-state index is -4.91.